The van der Waals surface area contributed by atoms with Gasteiger partial charge in [0.25, 0.3) is 0 Å². The minimum Gasteiger partial charge on any atom is -0.504 e. The number of rotatable bonds is 3. The maximum absolute atomic E-state index is 12.3. The average molecular weight is 283 g/mol. The molecule has 6 heteroatoms. The molecule has 0 radical (unpaired) electrons. The van der Waals surface area contributed by atoms with Gasteiger partial charge in [0, 0.05) is 11.6 Å². The van der Waals surface area contributed by atoms with Gasteiger partial charge in [0.05, 0.1) is 10.3 Å². The van der Waals surface area contributed by atoms with Crippen LogP contribution in [-0.4, -0.2) is 15.8 Å². The molecule has 0 saturated carbocycles. The van der Waals surface area contributed by atoms with Gasteiger partial charge in [0.1, 0.15) is 0 Å². The van der Waals surface area contributed by atoms with E-state index in [1.807, 2.05) is 0 Å². The number of fused-ring (bicyclic) bond motifs is 1. The van der Waals surface area contributed by atoms with Crippen molar-refractivity contribution in [1.82, 2.24) is 0 Å². The number of non-ortho nitro benzene ring substituents is 1. The Hall–Kier alpha value is -3.15. The summed E-state index contributed by atoms with van der Waals surface area (Å²) in [6.07, 6.45) is 0. The van der Waals surface area contributed by atoms with Crippen LogP contribution in [0.1, 0.15) is 16.1 Å². The van der Waals surface area contributed by atoms with Gasteiger partial charge < -0.3 is 9.52 Å². The number of carbonyl (C=O) groups excluding carboxylic acids is 1. The number of benzene rings is 2. The molecule has 104 valence electrons. The first kappa shape index (κ1) is 12.9. The van der Waals surface area contributed by atoms with Crippen molar-refractivity contribution in [2.75, 3.05) is 0 Å². The van der Waals surface area contributed by atoms with Crippen LogP contribution in [0.5, 0.6) is 5.75 Å². The molecule has 0 aliphatic carbocycles. The number of aromatic hydroxyl groups is 1. The molecule has 6 nitrogen and oxygen atoms in total. The van der Waals surface area contributed by atoms with Crippen molar-refractivity contribution in [2.45, 2.75) is 0 Å². The molecule has 1 heterocycles. The summed E-state index contributed by atoms with van der Waals surface area (Å²) in [6, 6.07) is 12.4. The van der Waals surface area contributed by atoms with Gasteiger partial charge in [-0.15, -0.1) is 0 Å². The van der Waals surface area contributed by atoms with Gasteiger partial charge in [-0.25, -0.2) is 0 Å². The van der Waals surface area contributed by atoms with Crippen LogP contribution in [0.25, 0.3) is 11.0 Å². The zero-order chi connectivity index (χ0) is 15.0. The highest BCUT2D eigenvalue weighted by molar-refractivity contribution is 6.12. The molecule has 0 unspecified atom stereocenters. The summed E-state index contributed by atoms with van der Waals surface area (Å²) in [6.45, 7) is 0. The van der Waals surface area contributed by atoms with Crippen molar-refractivity contribution >= 4 is 22.4 Å². The predicted octanol–water partition coefficient (Wildman–Crippen LogP) is 3.28. The van der Waals surface area contributed by atoms with Crippen LogP contribution in [0.3, 0.4) is 0 Å². The number of ketones is 1. The average Bonchev–Trinajstić information content (AvgIpc) is 2.84. The minimum atomic E-state index is -0.623. The number of nitro benzene ring substituents is 1. The van der Waals surface area contributed by atoms with E-state index in [1.165, 1.54) is 18.2 Å². The molecule has 0 aliphatic rings. The standard InChI is InChI=1S/C15H9NO5/c17-12(9-5-2-1-3-6-9)15-13(18)10-7-4-8-11(16(19)20)14(10)21-15/h1-8,18H. The van der Waals surface area contributed by atoms with E-state index in [-0.39, 0.29) is 28.2 Å². The Kier molecular flexibility index (Phi) is 2.91. The summed E-state index contributed by atoms with van der Waals surface area (Å²) < 4.78 is 5.27. The number of nitrogens with zero attached hydrogens (tertiary/aromatic N) is 1. The molecule has 0 aliphatic heterocycles. The van der Waals surface area contributed by atoms with Crippen LogP contribution in [0.4, 0.5) is 5.69 Å². The lowest BCUT2D eigenvalue weighted by atomic mass is 10.1. The molecule has 0 spiro atoms. The first-order valence-corrected chi connectivity index (χ1v) is 6.08. The number of furan rings is 1. The largest absolute Gasteiger partial charge is 0.504 e. The van der Waals surface area contributed by atoms with Crippen molar-refractivity contribution in [3.8, 4) is 5.75 Å². The first-order valence-electron chi connectivity index (χ1n) is 6.08. The van der Waals surface area contributed by atoms with Crippen molar-refractivity contribution in [3.63, 3.8) is 0 Å². The number of para-hydroxylation sites is 1. The third kappa shape index (κ3) is 2.02. The van der Waals surface area contributed by atoms with E-state index in [0.717, 1.165) is 0 Å². The van der Waals surface area contributed by atoms with Crippen LogP contribution in [0, 0.1) is 10.1 Å². The summed E-state index contributed by atoms with van der Waals surface area (Å²) in [5, 5.41) is 21.2. The van der Waals surface area contributed by atoms with Crippen LogP contribution >= 0.6 is 0 Å². The van der Waals surface area contributed by atoms with Gasteiger partial charge in [-0.05, 0) is 6.07 Å². The Morgan fingerprint density at radius 3 is 2.48 bits per heavy atom. The molecule has 1 N–H and O–H groups in total. The zero-order valence-electron chi connectivity index (χ0n) is 10.6. The predicted molar refractivity (Wildman–Crippen MR) is 74.4 cm³/mol. The molecule has 0 bridgehead atoms. The van der Waals surface area contributed by atoms with Crippen LogP contribution in [-0.2, 0) is 0 Å². The molecule has 3 aromatic rings. The molecule has 0 amide bonds. The second-order valence-corrected chi connectivity index (χ2v) is 4.39. The molecular formula is C15H9NO5. The van der Waals surface area contributed by atoms with Crippen LogP contribution in [0.15, 0.2) is 52.9 Å². The van der Waals surface area contributed by atoms with E-state index in [9.17, 15) is 20.0 Å². The Balaban J connectivity index is 2.21. The monoisotopic (exact) mass is 283 g/mol. The molecule has 21 heavy (non-hydrogen) atoms. The molecule has 0 fully saturated rings. The van der Waals surface area contributed by atoms with Crippen LogP contribution in [0.2, 0.25) is 0 Å². The smallest absolute Gasteiger partial charge is 0.312 e. The Labute approximate surface area is 118 Å². The summed E-state index contributed by atoms with van der Waals surface area (Å²) in [5.41, 5.74) is -0.0799. The third-order valence-corrected chi connectivity index (χ3v) is 3.11. The SMILES string of the molecule is O=C(c1ccccc1)c1oc2c([N+](=O)[O-])cccc2c1O. The fraction of sp³-hybridized carbons (Fsp3) is 0. The van der Waals surface area contributed by atoms with Crippen molar-refractivity contribution in [1.29, 1.82) is 0 Å². The summed E-state index contributed by atoms with van der Waals surface area (Å²) in [5.74, 6) is -1.22. The van der Waals surface area contributed by atoms with Gasteiger partial charge >= 0.3 is 5.69 Å². The van der Waals surface area contributed by atoms with E-state index in [1.54, 1.807) is 30.3 Å². The second kappa shape index (κ2) is 4.75. The highest BCUT2D eigenvalue weighted by Crippen LogP contribution is 2.37. The van der Waals surface area contributed by atoms with Gasteiger partial charge in [-0.3, -0.25) is 14.9 Å². The molecule has 0 saturated heterocycles. The van der Waals surface area contributed by atoms with E-state index in [0.29, 0.717) is 5.56 Å². The molecule has 2 aromatic carbocycles. The topological polar surface area (TPSA) is 93.6 Å². The lowest BCUT2D eigenvalue weighted by Gasteiger charge is -1.97. The van der Waals surface area contributed by atoms with Crippen molar-refractivity contribution < 1.29 is 19.2 Å². The summed E-state index contributed by atoms with van der Waals surface area (Å²) in [4.78, 5) is 22.6. The fourth-order valence-electron chi connectivity index (χ4n) is 2.11. The quantitative estimate of drug-likeness (QED) is 0.452. The Bertz CT molecular complexity index is 851. The van der Waals surface area contributed by atoms with Gasteiger partial charge in [0.15, 0.2) is 5.75 Å². The Morgan fingerprint density at radius 1 is 1.10 bits per heavy atom. The fourth-order valence-corrected chi connectivity index (χ4v) is 2.11. The number of carbonyl (C=O) groups is 1. The van der Waals surface area contributed by atoms with Crippen molar-refractivity contribution in [2.24, 2.45) is 0 Å². The second-order valence-electron chi connectivity index (χ2n) is 4.39. The third-order valence-electron chi connectivity index (χ3n) is 3.11. The molecule has 1 aromatic heterocycles. The van der Waals surface area contributed by atoms with E-state index in [4.69, 9.17) is 4.42 Å². The summed E-state index contributed by atoms with van der Waals surface area (Å²) in [7, 11) is 0. The molecular weight excluding hydrogens is 274 g/mol. The normalized spacial score (nSPS) is 10.7. The van der Waals surface area contributed by atoms with Crippen molar-refractivity contribution in [3.05, 3.63) is 70.0 Å². The zero-order valence-corrected chi connectivity index (χ0v) is 10.6. The van der Waals surface area contributed by atoms with Crippen LogP contribution < -0.4 is 0 Å². The maximum Gasteiger partial charge on any atom is 0.312 e. The first-order chi connectivity index (χ1) is 10.1. The summed E-state index contributed by atoms with van der Waals surface area (Å²) >= 11 is 0. The van der Waals surface area contributed by atoms with Gasteiger partial charge in [0.2, 0.25) is 17.1 Å². The highest BCUT2D eigenvalue weighted by Gasteiger charge is 2.25. The molecule has 3 rings (SSSR count). The highest BCUT2D eigenvalue weighted by atomic mass is 16.6. The van der Waals surface area contributed by atoms with E-state index < -0.39 is 10.7 Å². The van der Waals surface area contributed by atoms with Gasteiger partial charge in [-0.2, -0.15) is 0 Å². The van der Waals surface area contributed by atoms with E-state index in [2.05, 4.69) is 0 Å². The lowest BCUT2D eigenvalue weighted by molar-refractivity contribution is -0.383. The van der Waals surface area contributed by atoms with Gasteiger partial charge in [-0.1, -0.05) is 36.4 Å². The number of nitro groups is 1. The lowest BCUT2D eigenvalue weighted by Crippen LogP contribution is -1.99. The Morgan fingerprint density at radius 2 is 1.81 bits per heavy atom. The minimum absolute atomic E-state index is 0.112. The number of hydrogen-bond acceptors (Lipinski definition) is 5. The number of hydrogen-bond donors (Lipinski definition) is 1. The maximum atomic E-state index is 12.3. The molecule has 0 atom stereocenters. The van der Waals surface area contributed by atoms with E-state index >= 15 is 0 Å².